The van der Waals surface area contributed by atoms with Crippen molar-refractivity contribution in [2.45, 2.75) is 13.8 Å². The van der Waals surface area contributed by atoms with Crippen LogP contribution in [-0.4, -0.2) is 30.6 Å². The number of carbonyl (C=O) groups is 2. The molecule has 1 aromatic carbocycles. The van der Waals surface area contributed by atoms with E-state index in [4.69, 9.17) is 4.52 Å². The van der Waals surface area contributed by atoms with Gasteiger partial charge in [-0.05, 0) is 31.5 Å². The summed E-state index contributed by atoms with van der Waals surface area (Å²) >= 11 is 0. The summed E-state index contributed by atoms with van der Waals surface area (Å²) < 4.78 is 4.91. The van der Waals surface area contributed by atoms with Gasteiger partial charge >= 0.3 is 0 Å². The van der Waals surface area contributed by atoms with Gasteiger partial charge < -0.3 is 15.2 Å². The number of carbonyl (C=O) groups excluding carboxylic acids is 2. The lowest BCUT2D eigenvalue weighted by Crippen LogP contribution is -2.23. The molecule has 0 saturated heterocycles. The smallest absolute Gasteiger partial charge is 0.251 e. The standard InChI is InChI=1S/C15H18N4O3/c1-9-7-14(22-19-9)18-13(20)8-17-12-6-4-5-11(10(12)2)15(21)16-3/h4-7,17H,8H2,1-3H3,(H,16,21)(H,18,20). The van der Waals surface area contributed by atoms with Crippen molar-refractivity contribution >= 4 is 23.4 Å². The summed E-state index contributed by atoms with van der Waals surface area (Å²) in [5.74, 6) is -0.122. The Hall–Kier alpha value is -2.83. The molecule has 0 aliphatic rings. The monoisotopic (exact) mass is 302 g/mol. The number of nitrogens with zero attached hydrogens (tertiary/aromatic N) is 1. The largest absolute Gasteiger partial charge is 0.376 e. The van der Waals surface area contributed by atoms with Gasteiger partial charge in [-0.3, -0.25) is 14.9 Å². The van der Waals surface area contributed by atoms with E-state index in [9.17, 15) is 9.59 Å². The van der Waals surface area contributed by atoms with Gasteiger partial charge in [0.2, 0.25) is 11.8 Å². The summed E-state index contributed by atoms with van der Waals surface area (Å²) in [7, 11) is 1.58. The van der Waals surface area contributed by atoms with Gasteiger partial charge in [0.15, 0.2) is 0 Å². The Bertz CT molecular complexity index is 694. The van der Waals surface area contributed by atoms with Crippen molar-refractivity contribution in [3.05, 3.63) is 41.1 Å². The molecule has 2 aromatic rings. The number of rotatable bonds is 5. The highest BCUT2D eigenvalue weighted by atomic mass is 16.5. The molecule has 1 aromatic heterocycles. The van der Waals surface area contributed by atoms with E-state index >= 15 is 0 Å². The highest BCUT2D eigenvalue weighted by Crippen LogP contribution is 2.18. The molecule has 1 heterocycles. The van der Waals surface area contributed by atoms with Crippen molar-refractivity contribution in [2.24, 2.45) is 0 Å². The third-order valence-corrected chi connectivity index (χ3v) is 3.14. The van der Waals surface area contributed by atoms with Crippen molar-refractivity contribution < 1.29 is 14.1 Å². The van der Waals surface area contributed by atoms with Crippen molar-refractivity contribution in [1.29, 1.82) is 0 Å². The van der Waals surface area contributed by atoms with E-state index in [0.717, 1.165) is 11.3 Å². The van der Waals surface area contributed by atoms with Gasteiger partial charge in [-0.1, -0.05) is 11.2 Å². The lowest BCUT2D eigenvalue weighted by molar-refractivity contribution is -0.114. The molecule has 2 amide bonds. The molecule has 7 heteroatoms. The third kappa shape index (κ3) is 3.63. The first-order valence-corrected chi connectivity index (χ1v) is 6.80. The minimum atomic E-state index is -0.263. The van der Waals surface area contributed by atoms with Crippen LogP contribution in [0.25, 0.3) is 0 Å². The molecule has 0 aliphatic carbocycles. The topological polar surface area (TPSA) is 96.3 Å². The average molecular weight is 302 g/mol. The quantitative estimate of drug-likeness (QED) is 0.781. The summed E-state index contributed by atoms with van der Waals surface area (Å²) in [5, 5.41) is 11.9. The van der Waals surface area contributed by atoms with Crippen LogP contribution < -0.4 is 16.0 Å². The molecule has 0 radical (unpaired) electrons. The van der Waals surface area contributed by atoms with Gasteiger partial charge in [-0.25, -0.2) is 0 Å². The Balaban J connectivity index is 1.99. The number of amides is 2. The first-order valence-electron chi connectivity index (χ1n) is 6.80. The molecule has 116 valence electrons. The highest BCUT2D eigenvalue weighted by molar-refractivity contribution is 5.97. The van der Waals surface area contributed by atoms with Crippen molar-refractivity contribution in [3.63, 3.8) is 0 Å². The highest BCUT2D eigenvalue weighted by Gasteiger charge is 2.11. The average Bonchev–Trinajstić information content (AvgIpc) is 2.90. The van der Waals surface area contributed by atoms with Gasteiger partial charge in [0.25, 0.3) is 5.91 Å². The first-order chi connectivity index (χ1) is 10.5. The second-order valence-corrected chi connectivity index (χ2v) is 4.79. The number of aromatic nitrogens is 1. The molecule has 0 saturated carbocycles. The van der Waals surface area contributed by atoms with E-state index in [-0.39, 0.29) is 18.4 Å². The normalized spacial score (nSPS) is 10.1. The van der Waals surface area contributed by atoms with Crippen LogP contribution in [0.15, 0.2) is 28.8 Å². The molecule has 0 fully saturated rings. The SMILES string of the molecule is CNC(=O)c1cccc(NCC(=O)Nc2cc(C)no2)c1C. The Morgan fingerprint density at radius 2 is 2.05 bits per heavy atom. The molecule has 0 atom stereocenters. The van der Waals surface area contributed by atoms with Crippen LogP contribution >= 0.6 is 0 Å². The van der Waals surface area contributed by atoms with Crippen LogP contribution in [0, 0.1) is 13.8 Å². The minimum absolute atomic E-state index is 0.0534. The molecular formula is C15H18N4O3. The number of aryl methyl sites for hydroxylation is 1. The fourth-order valence-electron chi connectivity index (χ4n) is 1.99. The summed E-state index contributed by atoms with van der Waals surface area (Å²) in [6, 6.07) is 6.94. The van der Waals surface area contributed by atoms with Crippen molar-refractivity contribution in [2.75, 3.05) is 24.2 Å². The van der Waals surface area contributed by atoms with Crippen LogP contribution in [-0.2, 0) is 4.79 Å². The molecule has 0 spiro atoms. The Morgan fingerprint density at radius 1 is 1.27 bits per heavy atom. The summed E-state index contributed by atoms with van der Waals surface area (Å²) in [5.41, 5.74) is 2.77. The maximum absolute atomic E-state index is 11.8. The Labute approximate surface area is 128 Å². The number of anilines is 2. The minimum Gasteiger partial charge on any atom is -0.376 e. The summed E-state index contributed by atoms with van der Waals surface area (Å²) in [4.78, 5) is 23.6. The van der Waals surface area contributed by atoms with E-state index in [1.165, 1.54) is 0 Å². The van der Waals surface area contributed by atoms with E-state index in [1.54, 1.807) is 32.2 Å². The molecular weight excluding hydrogens is 284 g/mol. The second kappa shape index (κ2) is 6.75. The van der Waals surface area contributed by atoms with Crippen molar-refractivity contribution in [1.82, 2.24) is 10.5 Å². The van der Waals surface area contributed by atoms with E-state index in [2.05, 4.69) is 21.1 Å². The van der Waals surface area contributed by atoms with Crippen LogP contribution in [0.5, 0.6) is 0 Å². The van der Waals surface area contributed by atoms with Gasteiger partial charge in [0.05, 0.1) is 12.2 Å². The van der Waals surface area contributed by atoms with Crippen molar-refractivity contribution in [3.8, 4) is 0 Å². The maximum atomic E-state index is 11.8. The fraction of sp³-hybridized carbons (Fsp3) is 0.267. The fourth-order valence-corrected chi connectivity index (χ4v) is 1.99. The van der Waals surface area contributed by atoms with Gasteiger partial charge in [-0.15, -0.1) is 0 Å². The van der Waals surface area contributed by atoms with Crippen LogP contribution in [0.3, 0.4) is 0 Å². The number of hydrogen-bond donors (Lipinski definition) is 3. The maximum Gasteiger partial charge on any atom is 0.251 e. The lowest BCUT2D eigenvalue weighted by atomic mass is 10.1. The number of hydrogen-bond acceptors (Lipinski definition) is 5. The summed E-state index contributed by atoms with van der Waals surface area (Å²) in [6.07, 6.45) is 0. The lowest BCUT2D eigenvalue weighted by Gasteiger charge is -2.12. The molecule has 7 nitrogen and oxygen atoms in total. The zero-order valence-electron chi connectivity index (χ0n) is 12.7. The molecule has 3 N–H and O–H groups in total. The molecule has 22 heavy (non-hydrogen) atoms. The first kappa shape index (κ1) is 15.6. The zero-order chi connectivity index (χ0) is 16.1. The molecule has 0 bridgehead atoms. The number of benzene rings is 1. The van der Waals surface area contributed by atoms with E-state index in [1.807, 2.05) is 13.0 Å². The predicted octanol–water partition coefficient (Wildman–Crippen LogP) is 1.70. The second-order valence-electron chi connectivity index (χ2n) is 4.79. The predicted molar refractivity (Wildman–Crippen MR) is 82.9 cm³/mol. The zero-order valence-corrected chi connectivity index (χ0v) is 12.7. The van der Waals surface area contributed by atoms with Gasteiger partial charge in [0.1, 0.15) is 0 Å². The van der Waals surface area contributed by atoms with Crippen LogP contribution in [0.2, 0.25) is 0 Å². The van der Waals surface area contributed by atoms with Gasteiger partial charge in [0, 0.05) is 24.4 Å². The van der Waals surface area contributed by atoms with Gasteiger partial charge in [-0.2, -0.15) is 0 Å². The molecule has 2 rings (SSSR count). The van der Waals surface area contributed by atoms with Crippen LogP contribution in [0.1, 0.15) is 21.6 Å². The number of nitrogens with one attached hydrogen (secondary N) is 3. The Kier molecular flexibility index (Phi) is 4.77. The van der Waals surface area contributed by atoms with E-state index in [0.29, 0.717) is 17.1 Å². The van der Waals surface area contributed by atoms with Crippen LogP contribution in [0.4, 0.5) is 11.6 Å². The Morgan fingerprint density at radius 3 is 2.68 bits per heavy atom. The van der Waals surface area contributed by atoms with E-state index < -0.39 is 0 Å². The molecule has 0 aliphatic heterocycles. The summed E-state index contributed by atoms with van der Waals surface area (Å²) in [6.45, 7) is 3.65. The molecule has 0 unspecified atom stereocenters. The third-order valence-electron chi connectivity index (χ3n) is 3.14.